The van der Waals surface area contributed by atoms with Crippen LogP contribution in [0.25, 0.3) is 0 Å². The first kappa shape index (κ1) is 15.7. The lowest BCUT2D eigenvalue weighted by Gasteiger charge is -2.33. The Kier molecular flexibility index (Phi) is 4.09. The van der Waals surface area contributed by atoms with E-state index in [9.17, 15) is 16.8 Å². The van der Waals surface area contributed by atoms with Gasteiger partial charge >= 0.3 is 0 Å². The number of piperazine rings is 1. The predicted octanol–water partition coefficient (Wildman–Crippen LogP) is 1.20. The number of hydrogen-bond donors (Lipinski definition) is 0. The topological polar surface area (TPSA) is 74.8 Å². The van der Waals surface area contributed by atoms with E-state index in [2.05, 4.69) is 0 Å². The molecule has 10 heteroatoms. The van der Waals surface area contributed by atoms with Crippen LogP contribution >= 0.6 is 22.9 Å². The van der Waals surface area contributed by atoms with E-state index in [-0.39, 0.29) is 35.6 Å². The Hall–Kier alpha value is -0.190. The molecule has 0 N–H and O–H groups in total. The fraction of sp³-hybridized carbons (Fsp3) is 0.636. The SMILES string of the molecule is O=S(=O)(c1ccc(Cl)s1)N1CCN(S(=O)(=O)C2CC2)CC1. The van der Waals surface area contributed by atoms with Gasteiger partial charge in [-0.05, 0) is 25.0 Å². The van der Waals surface area contributed by atoms with Crippen molar-refractivity contribution in [2.45, 2.75) is 22.3 Å². The van der Waals surface area contributed by atoms with Crippen molar-refractivity contribution in [3.63, 3.8) is 0 Å². The summed E-state index contributed by atoms with van der Waals surface area (Å²) < 4.78 is 52.4. The fourth-order valence-electron chi connectivity index (χ4n) is 2.30. The van der Waals surface area contributed by atoms with Gasteiger partial charge < -0.3 is 0 Å². The summed E-state index contributed by atoms with van der Waals surface area (Å²) in [4.78, 5) is 0. The summed E-state index contributed by atoms with van der Waals surface area (Å²) in [6, 6.07) is 3.03. The maximum Gasteiger partial charge on any atom is 0.252 e. The lowest BCUT2D eigenvalue weighted by molar-refractivity contribution is 0.273. The first-order valence-electron chi connectivity index (χ1n) is 6.56. The normalized spacial score (nSPS) is 22.5. The lowest BCUT2D eigenvalue weighted by Crippen LogP contribution is -2.51. The minimum absolute atomic E-state index is 0.184. The highest BCUT2D eigenvalue weighted by atomic mass is 35.5. The molecule has 1 aromatic heterocycles. The van der Waals surface area contributed by atoms with Crippen LogP contribution in [0.1, 0.15) is 12.8 Å². The molecule has 6 nitrogen and oxygen atoms in total. The Labute approximate surface area is 133 Å². The van der Waals surface area contributed by atoms with Gasteiger partial charge in [0.1, 0.15) is 4.21 Å². The van der Waals surface area contributed by atoms with Crippen molar-refractivity contribution in [1.29, 1.82) is 0 Å². The summed E-state index contributed by atoms with van der Waals surface area (Å²) in [6.45, 7) is 0.807. The van der Waals surface area contributed by atoms with Crippen LogP contribution in [-0.2, 0) is 20.0 Å². The second-order valence-corrected chi connectivity index (χ2v) is 11.2. The van der Waals surface area contributed by atoms with E-state index in [1.165, 1.54) is 14.7 Å². The van der Waals surface area contributed by atoms with E-state index in [0.29, 0.717) is 17.2 Å². The Morgan fingerprint density at radius 2 is 1.57 bits per heavy atom. The summed E-state index contributed by atoms with van der Waals surface area (Å²) in [7, 11) is -6.79. The first-order chi connectivity index (χ1) is 9.81. The molecule has 0 aromatic carbocycles. The van der Waals surface area contributed by atoms with E-state index in [1.807, 2.05) is 0 Å². The summed E-state index contributed by atoms with van der Waals surface area (Å²) in [5.41, 5.74) is 0. The quantitative estimate of drug-likeness (QED) is 0.798. The zero-order valence-corrected chi connectivity index (χ0v) is 14.3. The minimum atomic E-state index is -3.57. The molecular formula is C11H15ClN2O4S3. The third-order valence-corrected chi connectivity index (χ3v) is 9.64. The molecule has 2 aliphatic rings. The molecule has 1 aliphatic heterocycles. The van der Waals surface area contributed by atoms with Crippen LogP contribution in [0.4, 0.5) is 0 Å². The van der Waals surface area contributed by atoms with Gasteiger partial charge in [0.05, 0.1) is 9.59 Å². The molecule has 0 bridgehead atoms. The van der Waals surface area contributed by atoms with Gasteiger partial charge in [0.2, 0.25) is 10.0 Å². The average molecular weight is 371 g/mol. The Balaban J connectivity index is 1.71. The third-order valence-electron chi connectivity index (χ3n) is 3.65. The molecule has 1 aromatic rings. The molecule has 1 saturated carbocycles. The molecule has 0 radical (unpaired) electrons. The molecule has 2 heterocycles. The molecule has 21 heavy (non-hydrogen) atoms. The van der Waals surface area contributed by atoms with Gasteiger partial charge in [-0.15, -0.1) is 11.3 Å². The highest BCUT2D eigenvalue weighted by molar-refractivity contribution is 7.91. The summed E-state index contributed by atoms with van der Waals surface area (Å²) in [5, 5.41) is -0.253. The van der Waals surface area contributed by atoms with Crippen LogP contribution < -0.4 is 0 Å². The molecule has 2 fully saturated rings. The van der Waals surface area contributed by atoms with Gasteiger partial charge in [-0.3, -0.25) is 0 Å². The number of nitrogens with zero attached hydrogens (tertiary/aromatic N) is 2. The van der Waals surface area contributed by atoms with Crippen molar-refractivity contribution in [3.05, 3.63) is 16.5 Å². The van der Waals surface area contributed by atoms with Crippen LogP contribution in [0.5, 0.6) is 0 Å². The highest BCUT2D eigenvalue weighted by Crippen LogP contribution is 2.32. The van der Waals surface area contributed by atoms with Crippen LogP contribution in [0, 0.1) is 0 Å². The Bertz CT molecular complexity index is 731. The first-order valence-corrected chi connectivity index (χ1v) is 10.7. The molecule has 1 saturated heterocycles. The zero-order chi connectivity index (χ0) is 15.3. The molecule has 118 valence electrons. The Morgan fingerprint density at radius 1 is 1.00 bits per heavy atom. The lowest BCUT2D eigenvalue weighted by atomic mass is 10.4. The summed E-state index contributed by atoms with van der Waals surface area (Å²) in [6.07, 6.45) is 1.43. The van der Waals surface area contributed by atoms with Crippen molar-refractivity contribution in [2.24, 2.45) is 0 Å². The van der Waals surface area contributed by atoms with Crippen molar-refractivity contribution in [1.82, 2.24) is 8.61 Å². The van der Waals surface area contributed by atoms with Crippen molar-refractivity contribution >= 4 is 43.0 Å². The standard InChI is InChI=1S/C11H15ClN2O4S3/c12-10-3-4-11(19-10)21(17,18)14-7-5-13(6-8-14)20(15,16)9-1-2-9/h3-4,9H,1-2,5-8H2. The summed E-state index contributed by atoms with van der Waals surface area (Å²) in [5.74, 6) is 0. The molecule has 0 unspecified atom stereocenters. The monoisotopic (exact) mass is 370 g/mol. The number of sulfonamides is 2. The van der Waals surface area contributed by atoms with Gasteiger partial charge in [0.25, 0.3) is 10.0 Å². The summed E-state index contributed by atoms with van der Waals surface area (Å²) >= 11 is 6.79. The van der Waals surface area contributed by atoms with Crippen LogP contribution in [0.3, 0.4) is 0 Å². The van der Waals surface area contributed by atoms with E-state index < -0.39 is 20.0 Å². The van der Waals surface area contributed by atoms with Gasteiger partial charge in [-0.1, -0.05) is 11.6 Å². The van der Waals surface area contributed by atoms with Crippen LogP contribution in [0.2, 0.25) is 4.34 Å². The third kappa shape index (κ3) is 2.99. The smallest absolute Gasteiger partial charge is 0.212 e. The molecule has 0 amide bonds. The van der Waals surface area contributed by atoms with Crippen molar-refractivity contribution in [3.8, 4) is 0 Å². The van der Waals surface area contributed by atoms with E-state index >= 15 is 0 Å². The Morgan fingerprint density at radius 3 is 2.05 bits per heavy atom. The van der Waals surface area contributed by atoms with Crippen molar-refractivity contribution < 1.29 is 16.8 Å². The zero-order valence-electron chi connectivity index (χ0n) is 11.1. The minimum Gasteiger partial charge on any atom is -0.212 e. The number of halogens is 1. The predicted molar refractivity (Wildman–Crippen MR) is 81.6 cm³/mol. The molecular weight excluding hydrogens is 356 g/mol. The second-order valence-electron chi connectivity index (χ2n) is 5.11. The average Bonchev–Trinajstić information content (AvgIpc) is 3.22. The van der Waals surface area contributed by atoms with Gasteiger partial charge in [0.15, 0.2) is 0 Å². The van der Waals surface area contributed by atoms with Crippen LogP contribution in [0.15, 0.2) is 16.3 Å². The number of hydrogen-bond acceptors (Lipinski definition) is 5. The van der Waals surface area contributed by atoms with Crippen molar-refractivity contribution in [2.75, 3.05) is 26.2 Å². The highest BCUT2D eigenvalue weighted by Gasteiger charge is 2.42. The van der Waals surface area contributed by atoms with Gasteiger partial charge in [-0.2, -0.15) is 8.61 Å². The maximum absolute atomic E-state index is 12.4. The second kappa shape index (κ2) is 5.47. The largest absolute Gasteiger partial charge is 0.252 e. The van der Waals surface area contributed by atoms with E-state index in [4.69, 9.17) is 11.6 Å². The van der Waals surface area contributed by atoms with E-state index in [0.717, 1.165) is 11.3 Å². The molecule has 3 rings (SSSR count). The van der Waals surface area contributed by atoms with Gasteiger partial charge in [-0.25, -0.2) is 16.8 Å². The number of rotatable bonds is 4. The fourth-order valence-corrected chi connectivity index (χ4v) is 7.19. The molecule has 0 spiro atoms. The molecule has 1 aliphatic carbocycles. The molecule has 0 atom stereocenters. The van der Waals surface area contributed by atoms with Gasteiger partial charge in [0, 0.05) is 26.2 Å². The van der Waals surface area contributed by atoms with E-state index in [1.54, 1.807) is 6.07 Å². The maximum atomic E-state index is 12.4. The van der Waals surface area contributed by atoms with Crippen LogP contribution in [-0.4, -0.2) is 56.9 Å². The number of thiophene rings is 1.